The highest BCUT2D eigenvalue weighted by Crippen LogP contribution is 2.19. The summed E-state index contributed by atoms with van der Waals surface area (Å²) in [5, 5.41) is 5.68. The third kappa shape index (κ3) is 4.33. The van der Waals surface area contributed by atoms with Gasteiger partial charge in [-0.1, -0.05) is 47.5 Å². The third-order valence-corrected chi connectivity index (χ3v) is 4.05. The third-order valence-electron chi connectivity index (χ3n) is 3.71. The second-order valence-electron chi connectivity index (χ2n) is 5.62. The zero-order valence-electron chi connectivity index (χ0n) is 13.2. The van der Waals surface area contributed by atoms with Gasteiger partial charge in [0.25, 0.3) is 5.91 Å². The molecule has 0 spiro atoms. The first-order valence-corrected chi connectivity index (χ1v) is 7.80. The number of hydrogen-bond donors (Lipinski definition) is 2. The van der Waals surface area contributed by atoms with Gasteiger partial charge in [-0.3, -0.25) is 4.79 Å². The number of benzene rings is 2. The summed E-state index contributed by atoms with van der Waals surface area (Å²) in [4.78, 5) is 12.1. The number of carbonyl (C=O) groups excluding carboxylic acids is 1. The number of aryl methyl sites for hydroxylation is 2. The number of carbonyl (C=O) groups is 1. The molecule has 1 atom stereocenters. The summed E-state index contributed by atoms with van der Waals surface area (Å²) < 4.78 is 0. The van der Waals surface area contributed by atoms with Crippen LogP contribution in [0.2, 0.25) is 5.02 Å². The minimum atomic E-state index is -0.00847. The zero-order chi connectivity index (χ0) is 16.1. The molecule has 2 aromatic carbocycles. The zero-order valence-corrected chi connectivity index (χ0v) is 13.9. The average molecular weight is 318 g/mol. The number of nitrogens with two attached hydrogens (primary N) is 1. The van der Waals surface area contributed by atoms with E-state index in [4.69, 9.17) is 11.6 Å². The van der Waals surface area contributed by atoms with Gasteiger partial charge in [0.1, 0.15) is 6.04 Å². The number of quaternary nitrogens is 1. The normalized spacial score (nSPS) is 12.0. The van der Waals surface area contributed by atoms with Gasteiger partial charge in [0, 0.05) is 16.3 Å². The van der Waals surface area contributed by atoms with E-state index >= 15 is 0 Å². The number of nitrogens with one attached hydrogen (secondary N) is 1. The predicted molar refractivity (Wildman–Crippen MR) is 91.2 cm³/mol. The van der Waals surface area contributed by atoms with Crippen LogP contribution in [0.15, 0.2) is 42.5 Å². The lowest BCUT2D eigenvalue weighted by Gasteiger charge is -2.13. The van der Waals surface area contributed by atoms with Crippen molar-refractivity contribution in [3.05, 3.63) is 64.2 Å². The van der Waals surface area contributed by atoms with Crippen molar-refractivity contribution >= 4 is 23.2 Å². The Labute approximate surface area is 136 Å². The lowest BCUT2D eigenvalue weighted by atomic mass is 10.1. The minimum absolute atomic E-state index is 0.00847. The van der Waals surface area contributed by atoms with Crippen LogP contribution in [0.5, 0.6) is 0 Å². The van der Waals surface area contributed by atoms with Crippen LogP contribution >= 0.6 is 11.6 Å². The van der Waals surface area contributed by atoms with Crippen molar-refractivity contribution in [1.29, 1.82) is 0 Å². The molecule has 0 fully saturated rings. The lowest BCUT2D eigenvalue weighted by Crippen LogP contribution is -2.86. The SMILES string of the molecule is Cc1ccc(NC(=O)C[NH2+][C@@H](C)c2ccccc2Cl)c(C)c1. The molecular weight excluding hydrogens is 296 g/mol. The van der Waals surface area contributed by atoms with E-state index in [1.165, 1.54) is 5.56 Å². The molecule has 0 bridgehead atoms. The van der Waals surface area contributed by atoms with E-state index in [2.05, 4.69) is 11.4 Å². The van der Waals surface area contributed by atoms with Crippen molar-refractivity contribution in [2.24, 2.45) is 0 Å². The van der Waals surface area contributed by atoms with Crippen LogP contribution in [0.3, 0.4) is 0 Å². The van der Waals surface area contributed by atoms with Crippen molar-refractivity contribution in [1.82, 2.24) is 0 Å². The molecule has 0 radical (unpaired) electrons. The summed E-state index contributed by atoms with van der Waals surface area (Å²) in [6.07, 6.45) is 0. The van der Waals surface area contributed by atoms with Crippen LogP contribution in [0.4, 0.5) is 5.69 Å². The Balaban J connectivity index is 1.91. The Morgan fingerprint density at radius 1 is 1.23 bits per heavy atom. The minimum Gasteiger partial charge on any atom is -0.332 e. The molecule has 22 heavy (non-hydrogen) atoms. The number of anilines is 1. The Kier molecular flexibility index (Phi) is 5.58. The fourth-order valence-electron chi connectivity index (χ4n) is 2.41. The first kappa shape index (κ1) is 16.5. The lowest BCUT2D eigenvalue weighted by molar-refractivity contribution is -0.682. The summed E-state index contributed by atoms with van der Waals surface area (Å²) in [5.41, 5.74) is 4.18. The van der Waals surface area contributed by atoms with Crippen LogP contribution in [-0.4, -0.2) is 12.5 Å². The van der Waals surface area contributed by atoms with Crippen LogP contribution in [0.1, 0.15) is 29.7 Å². The van der Waals surface area contributed by atoms with Crippen LogP contribution < -0.4 is 10.6 Å². The fourth-order valence-corrected chi connectivity index (χ4v) is 2.72. The smallest absolute Gasteiger partial charge is 0.279 e. The Hall–Kier alpha value is -1.84. The Morgan fingerprint density at radius 3 is 2.64 bits per heavy atom. The second kappa shape index (κ2) is 7.43. The highest BCUT2D eigenvalue weighted by atomic mass is 35.5. The van der Waals surface area contributed by atoms with Gasteiger partial charge < -0.3 is 10.6 Å². The molecule has 0 saturated heterocycles. The largest absolute Gasteiger partial charge is 0.332 e. The Bertz CT molecular complexity index is 670. The topological polar surface area (TPSA) is 45.7 Å². The summed E-state index contributed by atoms with van der Waals surface area (Å²) in [6, 6.07) is 13.9. The van der Waals surface area contributed by atoms with E-state index < -0.39 is 0 Å². The van der Waals surface area contributed by atoms with E-state index in [1.54, 1.807) is 0 Å². The van der Waals surface area contributed by atoms with Gasteiger partial charge >= 0.3 is 0 Å². The average Bonchev–Trinajstić information content (AvgIpc) is 2.48. The van der Waals surface area contributed by atoms with E-state index in [0.29, 0.717) is 6.54 Å². The summed E-state index contributed by atoms with van der Waals surface area (Å²) in [7, 11) is 0. The summed E-state index contributed by atoms with van der Waals surface area (Å²) in [6.45, 7) is 6.45. The molecule has 0 aliphatic heterocycles. The number of hydrogen-bond acceptors (Lipinski definition) is 1. The maximum Gasteiger partial charge on any atom is 0.279 e. The van der Waals surface area contributed by atoms with E-state index in [9.17, 15) is 4.79 Å². The van der Waals surface area contributed by atoms with Gasteiger partial charge in [-0.15, -0.1) is 0 Å². The number of amides is 1. The van der Waals surface area contributed by atoms with Gasteiger partial charge in [-0.2, -0.15) is 0 Å². The molecule has 0 aliphatic rings. The fraction of sp³-hybridized carbons (Fsp3) is 0.278. The first-order chi connectivity index (χ1) is 10.5. The molecule has 3 nitrogen and oxygen atoms in total. The van der Waals surface area contributed by atoms with Crippen molar-refractivity contribution < 1.29 is 10.1 Å². The van der Waals surface area contributed by atoms with Crippen molar-refractivity contribution in [3.63, 3.8) is 0 Å². The van der Waals surface area contributed by atoms with Crippen molar-refractivity contribution in [3.8, 4) is 0 Å². The molecule has 4 heteroatoms. The maximum absolute atomic E-state index is 12.1. The van der Waals surface area contributed by atoms with Crippen molar-refractivity contribution in [2.75, 3.05) is 11.9 Å². The quantitative estimate of drug-likeness (QED) is 0.874. The van der Waals surface area contributed by atoms with Gasteiger partial charge in [-0.05, 0) is 38.5 Å². The van der Waals surface area contributed by atoms with Gasteiger partial charge in [0.15, 0.2) is 6.54 Å². The van der Waals surface area contributed by atoms with E-state index in [1.807, 2.05) is 62.5 Å². The molecule has 3 N–H and O–H groups in total. The molecule has 2 aromatic rings. The molecule has 0 heterocycles. The van der Waals surface area contributed by atoms with Crippen LogP contribution in [0.25, 0.3) is 0 Å². The van der Waals surface area contributed by atoms with E-state index in [0.717, 1.165) is 21.8 Å². The number of halogens is 1. The van der Waals surface area contributed by atoms with Gasteiger partial charge in [0.05, 0.1) is 0 Å². The van der Waals surface area contributed by atoms with Crippen LogP contribution in [-0.2, 0) is 4.79 Å². The molecule has 0 aromatic heterocycles. The molecule has 2 rings (SSSR count). The Morgan fingerprint density at radius 2 is 1.95 bits per heavy atom. The second-order valence-corrected chi connectivity index (χ2v) is 6.02. The molecule has 0 aliphatic carbocycles. The number of rotatable bonds is 5. The molecular formula is C18H22ClN2O+. The van der Waals surface area contributed by atoms with Gasteiger partial charge in [0.2, 0.25) is 0 Å². The van der Waals surface area contributed by atoms with E-state index in [-0.39, 0.29) is 11.9 Å². The molecule has 116 valence electrons. The predicted octanol–water partition coefficient (Wildman–Crippen LogP) is 3.22. The maximum atomic E-state index is 12.1. The highest BCUT2D eigenvalue weighted by Gasteiger charge is 2.14. The molecule has 1 amide bonds. The van der Waals surface area contributed by atoms with Crippen molar-refractivity contribution in [2.45, 2.75) is 26.8 Å². The first-order valence-electron chi connectivity index (χ1n) is 7.42. The summed E-state index contributed by atoms with van der Waals surface area (Å²) in [5.74, 6) is -0.00847. The molecule has 0 saturated carbocycles. The summed E-state index contributed by atoms with van der Waals surface area (Å²) >= 11 is 6.18. The van der Waals surface area contributed by atoms with Crippen LogP contribution in [0, 0.1) is 13.8 Å². The standard InChI is InChI=1S/C18H21ClN2O/c1-12-8-9-17(13(2)10-12)21-18(22)11-20-14(3)15-6-4-5-7-16(15)19/h4-10,14,20H,11H2,1-3H3,(H,21,22)/p+1/t14-/m0/s1. The highest BCUT2D eigenvalue weighted by molar-refractivity contribution is 6.31. The molecule has 0 unspecified atom stereocenters. The van der Waals surface area contributed by atoms with Gasteiger partial charge in [-0.25, -0.2) is 0 Å². The monoisotopic (exact) mass is 317 g/mol.